The van der Waals surface area contributed by atoms with Crippen LogP contribution < -0.4 is 10.9 Å². The third-order valence-corrected chi connectivity index (χ3v) is 4.34. The van der Waals surface area contributed by atoms with Crippen LogP contribution in [0.1, 0.15) is 59.4 Å². The van der Waals surface area contributed by atoms with Gasteiger partial charge in [0.15, 0.2) is 0 Å². The third-order valence-electron chi connectivity index (χ3n) is 4.34. The van der Waals surface area contributed by atoms with Gasteiger partial charge in [-0.3, -0.25) is 9.59 Å². The third kappa shape index (κ3) is 3.09. The van der Waals surface area contributed by atoms with Crippen molar-refractivity contribution in [3.63, 3.8) is 0 Å². The fourth-order valence-electron chi connectivity index (χ4n) is 3.30. The van der Waals surface area contributed by atoms with E-state index in [0.29, 0.717) is 0 Å². The molecule has 0 aliphatic heterocycles. The highest BCUT2D eigenvalue weighted by molar-refractivity contribution is 5.94. The Morgan fingerprint density at radius 2 is 2.09 bits per heavy atom. The van der Waals surface area contributed by atoms with Gasteiger partial charge in [-0.15, -0.1) is 0 Å². The van der Waals surface area contributed by atoms with E-state index in [2.05, 4.69) is 24.1 Å². The molecule has 3 rings (SSSR count). The molecule has 23 heavy (non-hydrogen) atoms. The van der Waals surface area contributed by atoms with Gasteiger partial charge in [-0.2, -0.15) is 0 Å². The number of pyridine rings is 1. The van der Waals surface area contributed by atoms with E-state index in [1.54, 1.807) is 19.1 Å². The molecule has 1 atom stereocenters. The summed E-state index contributed by atoms with van der Waals surface area (Å²) in [6.07, 6.45) is 1.67. The van der Waals surface area contributed by atoms with E-state index >= 15 is 0 Å². The number of carbonyl (C=O) groups excluding carboxylic acids is 1. The molecule has 0 spiro atoms. The Morgan fingerprint density at radius 3 is 2.78 bits per heavy atom. The first-order valence-corrected chi connectivity index (χ1v) is 7.85. The van der Waals surface area contributed by atoms with Crippen molar-refractivity contribution in [3.05, 3.63) is 56.9 Å². The second-order valence-corrected chi connectivity index (χ2v) is 7.19. The van der Waals surface area contributed by atoms with E-state index in [4.69, 9.17) is 4.42 Å². The second kappa shape index (κ2) is 5.41. The predicted molar refractivity (Wildman–Crippen MR) is 87.6 cm³/mol. The van der Waals surface area contributed by atoms with Gasteiger partial charge in [0.25, 0.3) is 11.5 Å². The summed E-state index contributed by atoms with van der Waals surface area (Å²) in [6, 6.07) is 5.14. The van der Waals surface area contributed by atoms with E-state index in [1.807, 2.05) is 13.0 Å². The molecule has 1 amide bonds. The van der Waals surface area contributed by atoms with Gasteiger partial charge in [-0.05, 0) is 43.9 Å². The molecule has 0 saturated carbocycles. The lowest BCUT2D eigenvalue weighted by atomic mass is 9.74. The van der Waals surface area contributed by atoms with Gasteiger partial charge in [-0.1, -0.05) is 13.8 Å². The molecule has 122 valence electrons. The highest BCUT2D eigenvalue weighted by Crippen LogP contribution is 2.42. The van der Waals surface area contributed by atoms with Gasteiger partial charge < -0.3 is 14.7 Å². The van der Waals surface area contributed by atoms with Gasteiger partial charge in [-0.25, -0.2) is 0 Å². The molecule has 1 aliphatic carbocycles. The maximum Gasteiger partial charge on any atom is 0.260 e. The number of carbonyl (C=O) groups is 1. The van der Waals surface area contributed by atoms with Crippen molar-refractivity contribution in [2.45, 2.75) is 46.6 Å². The van der Waals surface area contributed by atoms with E-state index in [-0.39, 0.29) is 28.5 Å². The van der Waals surface area contributed by atoms with Crippen LogP contribution in [0.3, 0.4) is 0 Å². The van der Waals surface area contributed by atoms with Crippen molar-refractivity contribution in [1.29, 1.82) is 0 Å². The molecule has 2 aromatic heterocycles. The van der Waals surface area contributed by atoms with Crippen molar-refractivity contribution in [2.24, 2.45) is 5.41 Å². The van der Waals surface area contributed by atoms with Gasteiger partial charge in [0.05, 0.1) is 6.04 Å². The molecule has 0 unspecified atom stereocenters. The first kappa shape index (κ1) is 15.6. The van der Waals surface area contributed by atoms with Crippen molar-refractivity contribution >= 4 is 5.91 Å². The standard InChI is InChI=1S/C18H22N2O3/c1-10-5-6-12(16(21)19-10)17(22)20-14-8-18(3,4)9-15-13(14)7-11(2)23-15/h5-7,14H,8-9H2,1-4H3,(H,19,21)(H,20,22)/t14-/m1/s1. The molecule has 2 aromatic rings. The van der Waals surface area contributed by atoms with Crippen LogP contribution in [-0.4, -0.2) is 10.9 Å². The van der Waals surface area contributed by atoms with E-state index in [9.17, 15) is 9.59 Å². The van der Waals surface area contributed by atoms with Gasteiger partial charge >= 0.3 is 0 Å². The molecular weight excluding hydrogens is 292 g/mol. The zero-order valence-corrected chi connectivity index (χ0v) is 13.9. The Morgan fingerprint density at radius 1 is 1.35 bits per heavy atom. The first-order chi connectivity index (χ1) is 10.7. The number of amides is 1. The number of hydrogen-bond donors (Lipinski definition) is 2. The topological polar surface area (TPSA) is 75.1 Å². The summed E-state index contributed by atoms with van der Waals surface area (Å²) in [5.74, 6) is 1.43. The smallest absolute Gasteiger partial charge is 0.260 e. The van der Waals surface area contributed by atoms with Crippen LogP contribution >= 0.6 is 0 Å². The fourth-order valence-corrected chi connectivity index (χ4v) is 3.30. The van der Waals surface area contributed by atoms with E-state index < -0.39 is 0 Å². The number of aryl methyl sites for hydroxylation is 2. The lowest BCUT2D eigenvalue weighted by Crippen LogP contribution is -2.38. The molecule has 5 heteroatoms. The minimum atomic E-state index is -0.360. The van der Waals surface area contributed by atoms with Crippen LogP contribution in [0.5, 0.6) is 0 Å². The fraction of sp³-hybridized carbons (Fsp3) is 0.444. The average Bonchev–Trinajstić information content (AvgIpc) is 2.77. The molecule has 0 radical (unpaired) electrons. The molecule has 0 bridgehead atoms. The summed E-state index contributed by atoms with van der Waals surface area (Å²) in [5.41, 5.74) is 1.58. The number of H-pyrrole nitrogens is 1. The van der Waals surface area contributed by atoms with Crippen LogP contribution in [0, 0.1) is 19.3 Å². The number of rotatable bonds is 2. The largest absolute Gasteiger partial charge is 0.466 e. The van der Waals surface area contributed by atoms with Gasteiger partial charge in [0.1, 0.15) is 17.1 Å². The minimum Gasteiger partial charge on any atom is -0.466 e. The van der Waals surface area contributed by atoms with Crippen LogP contribution in [0.25, 0.3) is 0 Å². The summed E-state index contributed by atoms with van der Waals surface area (Å²) in [7, 11) is 0. The van der Waals surface area contributed by atoms with Gasteiger partial charge in [0.2, 0.25) is 0 Å². The molecule has 0 fully saturated rings. The second-order valence-electron chi connectivity index (χ2n) is 7.19. The Bertz CT molecular complexity index is 814. The summed E-state index contributed by atoms with van der Waals surface area (Å²) in [5, 5.41) is 3.00. The molecule has 2 heterocycles. The van der Waals surface area contributed by atoms with Crippen molar-refractivity contribution in [3.8, 4) is 0 Å². The predicted octanol–water partition coefficient (Wildman–Crippen LogP) is 3.03. The van der Waals surface area contributed by atoms with Crippen LogP contribution in [0.15, 0.2) is 27.4 Å². The van der Waals surface area contributed by atoms with Crippen LogP contribution in [0.4, 0.5) is 0 Å². The van der Waals surface area contributed by atoms with Crippen molar-refractivity contribution in [2.75, 3.05) is 0 Å². The monoisotopic (exact) mass is 314 g/mol. The lowest BCUT2D eigenvalue weighted by molar-refractivity contribution is 0.0916. The maximum absolute atomic E-state index is 12.5. The highest BCUT2D eigenvalue weighted by atomic mass is 16.3. The normalized spacial score (nSPS) is 19.2. The van der Waals surface area contributed by atoms with Crippen LogP contribution in [-0.2, 0) is 6.42 Å². The first-order valence-electron chi connectivity index (χ1n) is 7.85. The Balaban J connectivity index is 1.90. The summed E-state index contributed by atoms with van der Waals surface area (Å²) in [6.45, 7) is 8.01. The number of fused-ring (bicyclic) bond motifs is 1. The lowest BCUT2D eigenvalue weighted by Gasteiger charge is -2.34. The molecular formula is C18H22N2O3. The summed E-state index contributed by atoms with van der Waals surface area (Å²) >= 11 is 0. The zero-order valence-electron chi connectivity index (χ0n) is 13.9. The average molecular weight is 314 g/mol. The Kier molecular flexibility index (Phi) is 3.66. The molecule has 0 saturated heterocycles. The molecule has 0 aromatic carbocycles. The molecule has 1 aliphatic rings. The van der Waals surface area contributed by atoms with Crippen molar-refractivity contribution < 1.29 is 9.21 Å². The van der Waals surface area contributed by atoms with Crippen molar-refractivity contribution in [1.82, 2.24) is 10.3 Å². The number of hydrogen-bond acceptors (Lipinski definition) is 3. The van der Waals surface area contributed by atoms with Gasteiger partial charge in [0, 0.05) is 17.7 Å². The zero-order chi connectivity index (χ0) is 16.8. The minimum absolute atomic E-state index is 0.0366. The van der Waals surface area contributed by atoms with E-state index in [0.717, 1.165) is 35.6 Å². The molecule has 2 N–H and O–H groups in total. The quantitative estimate of drug-likeness (QED) is 0.894. The Labute approximate surface area is 135 Å². The number of nitrogens with one attached hydrogen (secondary N) is 2. The summed E-state index contributed by atoms with van der Waals surface area (Å²) < 4.78 is 5.78. The highest BCUT2D eigenvalue weighted by Gasteiger charge is 2.35. The number of aromatic amines is 1. The molecule has 5 nitrogen and oxygen atoms in total. The maximum atomic E-state index is 12.5. The van der Waals surface area contributed by atoms with E-state index in [1.165, 1.54) is 0 Å². The summed E-state index contributed by atoms with van der Waals surface area (Å²) in [4.78, 5) is 27.1. The Hall–Kier alpha value is -2.30. The SMILES string of the molecule is Cc1ccc(C(=O)N[C@@H]2CC(C)(C)Cc3oc(C)cc32)c(=O)[nH]1. The number of aromatic nitrogens is 1. The number of furan rings is 1. The van der Waals surface area contributed by atoms with Crippen LogP contribution in [0.2, 0.25) is 0 Å².